The number of rotatable bonds is 4. The van der Waals surface area contributed by atoms with Crippen LogP contribution >= 0.6 is 0 Å². The molecule has 0 unspecified atom stereocenters. The Hall–Kier alpha value is -2.61. The van der Waals surface area contributed by atoms with Crippen molar-refractivity contribution in [2.24, 2.45) is 0 Å². The van der Waals surface area contributed by atoms with Gasteiger partial charge in [-0.25, -0.2) is 0 Å². The van der Waals surface area contributed by atoms with Crippen molar-refractivity contribution in [2.45, 2.75) is 0 Å². The Morgan fingerprint density at radius 1 is 1.56 bits per heavy atom. The average molecular weight is 244 g/mol. The van der Waals surface area contributed by atoms with Crippen molar-refractivity contribution in [2.75, 3.05) is 13.6 Å². The first-order chi connectivity index (χ1) is 8.56. The first-order valence-corrected chi connectivity index (χ1v) is 5.16. The van der Waals surface area contributed by atoms with Gasteiger partial charge in [0.05, 0.1) is 17.0 Å². The fourth-order valence-corrected chi connectivity index (χ4v) is 1.30. The number of amides is 1. The van der Waals surface area contributed by atoms with E-state index in [1.807, 2.05) is 0 Å². The second kappa shape index (κ2) is 6.21. The summed E-state index contributed by atoms with van der Waals surface area (Å²) in [5.41, 5.74) is 0.339. The van der Waals surface area contributed by atoms with Crippen LogP contribution in [0.5, 0.6) is 0 Å². The zero-order chi connectivity index (χ0) is 13.5. The maximum atomic E-state index is 11.6. The summed E-state index contributed by atoms with van der Waals surface area (Å²) in [6.45, 7) is 0.195. The molecule has 0 aromatic heterocycles. The molecule has 0 radical (unpaired) electrons. The van der Waals surface area contributed by atoms with Crippen molar-refractivity contribution in [3.05, 3.63) is 46.0 Å². The van der Waals surface area contributed by atoms with E-state index in [1.54, 1.807) is 25.2 Å². The standard InChI is InChI=1S/C13H12N2O3/c1-3-10-14(2)13(16)9-8-11-6-4-5-7-12(11)15(17)18/h1,4-9H,10H2,2H3/b9-8+. The van der Waals surface area contributed by atoms with Gasteiger partial charge < -0.3 is 4.90 Å². The van der Waals surface area contributed by atoms with Crippen LogP contribution in [0.4, 0.5) is 5.69 Å². The van der Waals surface area contributed by atoms with Crippen LogP contribution in [0.15, 0.2) is 30.3 Å². The summed E-state index contributed by atoms with van der Waals surface area (Å²) in [6.07, 6.45) is 7.75. The van der Waals surface area contributed by atoms with Crippen LogP contribution in [0.2, 0.25) is 0 Å². The van der Waals surface area contributed by atoms with Crippen molar-refractivity contribution in [1.82, 2.24) is 4.90 Å². The molecular formula is C13H12N2O3. The molecule has 0 atom stereocenters. The van der Waals surface area contributed by atoms with Crippen LogP contribution in [0, 0.1) is 22.5 Å². The molecule has 5 nitrogen and oxygen atoms in total. The lowest BCUT2D eigenvalue weighted by Gasteiger charge is -2.09. The van der Waals surface area contributed by atoms with Gasteiger partial charge in [0.25, 0.3) is 5.69 Å². The van der Waals surface area contributed by atoms with E-state index < -0.39 is 4.92 Å². The van der Waals surface area contributed by atoms with Crippen molar-refractivity contribution < 1.29 is 9.72 Å². The smallest absolute Gasteiger partial charge is 0.276 e. The van der Waals surface area contributed by atoms with E-state index in [1.165, 1.54) is 23.1 Å². The molecule has 0 bridgehead atoms. The predicted octanol–water partition coefficient (Wildman–Crippen LogP) is 1.70. The molecule has 5 heteroatoms. The number of likely N-dealkylation sites (N-methyl/N-ethyl adjacent to an activating group) is 1. The molecule has 0 saturated carbocycles. The number of para-hydroxylation sites is 1. The molecule has 0 aliphatic carbocycles. The SMILES string of the molecule is C#CCN(C)C(=O)/C=C/c1ccccc1[N+](=O)[O-]. The molecule has 92 valence electrons. The van der Waals surface area contributed by atoms with Gasteiger partial charge in [-0.1, -0.05) is 18.1 Å². The number of nitro groups is 1. The number of benzene rings is 1. The van der Waals surface area contributed by atoms with Gasteiger partial charge in [-0.3, -0.25) is 14.9 Å². The zero-order valence-corrected chi connectivity index (χ0v) is 9.87. The molecule has 1 aromatic carbocycles. The topological polar surface area (TPSA) is 63.5 Å². The molecule has 0 heterocycles. The Kier molecular flexibility index (Phi) is 4.64. The first kappa shape index (κ1) is 13.5. The van der Waals surface area contributed by atoms with E-state index in [-0.39, 0.29) is 18.1 Å². The summed E-state index contributed by atoms with van der Waals surface area (Å²) >= 11 is 0. The highest BCUT2D eigenvalue weighted by molar-refractivity contribution is 5.92. The lowest BCUT2D eigenvalue weighted by molar-refractivity contribution is -0.385. The number of nitrogens with zero attached hydrogens (tertiary/aromatic N) is 2. The lowest BCUT2D eigenvalue weighted by Crippen LogP contribution is -2.24. The summed E-state index contributed by atoms with van der Waals surface area (Å²) in [5.74, 6) is 2.04. The number of nitro benzene ring substituents is 1. The summed E-state index contributed by atoms with van der Waals surface area (Å²) < 4.78 is 0. The molecule has 0 aliphatic rings. The number of hydrogen-bond acceptors (Lipinski definition) is 3. The monoisotopic (exact) mass is 244 g/mol. The third kappa shape index (κ3) is 3.46. The average Bonchev–Trinajstić information content (AvgIpc) is 2.36. The van der Waals surface area contributed by atoms with E-state index in [0.29, 0.717) is 5.56 Å². The molecular weight excluding hydrogens is 232 g/mol. The zero-order valence-electron chi connectivity index (χ0n) is 9.87. The van der Waals surface area contributed by atoms with E-state index in [0.717, 1.165) is 0 Å². The van der Waals surface area contributed by atoms with Crippen LogP contribution in [0.1, 0.15) is 5.56 Å². The second-order valence-corrected chi connectivity index (χ2v) is 3.55. The molecule has 0 saturated heterocycles. The minimum absolute atomic E-state index is 0.0406. The second-order valence-electron chi connectivity index (χ2n) is 3.55. The number of carbonyl (C=O) groups is 1. The highest BCUT2D eigenvalue weighted by Crippen LogP contribution is 2.18. The summed E-state index contributed by atoms with van der Waals surface area (Å²) in [7, 11) is 1.56. The molecule has 18 heavy (non-hydrogen) atoms. The van der Waals surface area contributed by atoms with Gasteiger partial charge in [-0.05, 0) is 12.1 Å². The highest BCUT2D eigenvalue weighted by atomic mass is 16.6. The lowest BCUT2D eigenvalue weighted by atomic mass is 10.1. The summed E-state index contributed by atoms with van der Waals surface area (Å²) in [5, 5.41) is 10.8. The molecule has 0 spiro atoms. The van der Waals surface area contributed by atoms with Gasteiger partial charge >= 0.3 is 0 Å². The van der Waals surface area contributed by atoms with Crippen LogP contribution < -0.4 is 0 Å². The summed E-state index contributed by atoms with van der Waals surface area (Å²) in [6, 6.07) is 6.20. The van der Waals surface area contributed by atoms with Crippen molar-refractivity contribution in [1.29, 1.82) is 0 Å². The van der Waals surface area contributed by atoms with E-state index in [2.05, 4.69) is 5.92 Å². The van der Waals surface area contributed by atoms with Gasteiger partial charge in [0, 0.05) is 19.2 Å². The quantitative estimate of drug-likeness (QED) is 0.350. The largest absolute Gasteiger partial charge is 0.331 e. The number of hydrogen-bond donors (Lipinski definition) is 0. The maximum Gasteiger partial charge on any atom is 0.276 e. The maximum absolute atomic E-state index is 11.6. The number of terminal acetylenes is 1. The van der Waals surface area contributed by atoms with Gasteiger partial charge in [0.2, 0.25) is 5.91 Å². The molecule has 0 aliphatic heterocycles. The first-order valence-electron chi connectivity index (χ1n) is 5.16. The number of carbonyl (C=O) groups excluding carboxylic acids is 1. The predicted molar refractivity (Wildman–Crippen MR) is 68.6 cm³/mol. The Morgan fingerprint density at radius 2 is 2.22 bits per heavy atom. The Balaban J connectivity index is 2.88. The van der Waals surface area contributed by atoms with Crippen LogP contribution in [0.25, 0.3) is 6.08 Å². The van der Waals surface area contributed by atoms with Crippen molar-refractivity contribution in [3.63, 3.8) is 0 Å². The Labute approximate surface area is 105 Å². The molecule has 0 fully saturated rings. The summed E-state index contributed by atoms with van der Waals surface area (Å²) in [4.78, 5) is 23.2. The van der Waals surface area contributed by atoms with Gasteiger partial charge in [0.1, 0.15) is 0 Å². The normalized spacial score (nSPS) is 10.0. The van der Waals surface area contributed by atoms with Gasteiger partial charge in [0.15, 0.2) is 0 Å². The van der Waals surface area contributed by atoms with Gasteiger partial charge in [-0.15, -0.1) is 6.42 Å². The van der Waals surface area contributed by atoms with E-state index >= 15 is 0 Å². The third-order valence-electron chi connectivity index (χ3n) is 2.24. The Morgan fingerprint density at radius 3 is 2.83 bits per heavy atom. The van der Waals surface area contributed by atoms with Gasteiger partial charge in [-0.2, -0.15) is 0 Å². The van der Waals surface area contributed by atoms with Crippen LogP contribution in [0.3, 0.4) is 0 Å². The van der Waals surface area contributed by atoms with Crippen molar-refractivity contribution >= 4 is 17.7 Å². The minimum Gasteiger partial charge on any atom is -0.331 e. The molecule has 1 amide bonds. The molecule has 1 rings (SSSR count). The van der Waals surface area contributed by atoms with E-state index in [4.69, 9.17) is 6.42 Å². The third-order valence-corrected chi connectivity index (χ3v) is 2.24. The minimum atomic E-state index is -0.491. The fraction of sp³-hybridized carbons (Fsp3) is 0.154. The van der Waals surface area contributed by atoms with Crippen LogP contribution in [-0.2, 0) is 4.79 Å². The molecule has 1 aromatic rings. The van der Waals surface area contributed by atoms with Crippen molar-refractivity contribution in [3.8, 4) is 12.3 Å². The Bertz CT molecular complexity index is 529. The fourth-order valence-electron chi connectivity index (χ4n) is 1.30. The van der Waals surface area contributed by atoms with E-state index in [9.17, 15) is 14.9 Å². The van der Waals surface area contributed by atoms with Crippen LogP contribution in [-0.4, -0.2) is 29.3 Å². The molecule has 0 N–H and O–H groups in total. The highest BCUT2D eigenvalue weighted by Gasteiger charge is 2.10.